The van der Waals surface area contributed by atoms with E-state index in [1.54, 1.807) is 51.6 Å². The average Bonchev–Trinajstić information content (AvgIpc) is 3.27. The lowest BCUT2D eigenvalue weighted by molar-refractivity contribution is -0.129. The summed E-state index contributed by atoms with van der Waals surface area (Å²) in [6, 6.07) is 0. The highest BCUT2D eigenvalue weighted by Gasteiger charge is 2.17. The summed E-state index contributed by atoms with van der Waals surface area (Å²) in [7, 11) is 0. The number of rotatable bonds is 7. The normalized spacial score (nSPS) is 10.7. The van der Waals surface area contributed by atoms with Crippen LogP contribution in [0.1, 0.15) is 9.75 Å². The Morgan fingerprint density at radius 1 is 1.05 bits per heavy atom. The lowest BCUT2D eigenvalue weighted by Gasteiger charge is -2.20. The number of hydrogen-bond donors (Lipinski definition) is 0. The second-order valence-electron chi connectivity index (χ2n) is 4.18. The third kappa shape index (κ3) is 4.32. The molecule has 3 aromatic heterocycles. The van der Waals surface area contributed by atoms with Crippen molar-refractivity contribution in [1.82, 2.24) is 25.1 Å². The maximum atomic E-state index is 12.5. The monoisotopic (exact) mass is 369 g/mol. The molecule has 0 fully saturated rings. The van der Waals surface area contributed by atoms with Gasteiger partial charge in [0.2, 0.25) is 5.91 Å². The molecule has 3 rings (SSSR count). The lowest BCUT2D eigenvalue weighted by Crippen LogP contribution is -2.31. The second-order valence-corrected chi connectivity index (χ2v) is 8.18. The molecular formula is C12H11N5OS4. The maximum Gasteiger partial charge on any atom is 0.233 e. The van der Waals surface area contributed by atoms with E-state index in [1.807, 2.05) is 4.90 Å². The third-order valence-electron chi connectivity index (χ3n) is 2.67. The molecule has 3 heterocycles. The van der Waals surface area contributed by atoms with Crippen molar-refractivity contribution in [2.45, 2.75) is 17.4 Å². The Labute approximate surface area is 143 Å². The number of hydrogen-bond acceptors (Lipinski definition) is 9. The minimum atomic E-state index is 0.0713. The first-order valence-corrected chi connectivity index (χ1v) is 9.85. The minimum absolute atomic E-state index is 0.0713. The predicted octanol–water partition coefficient (Wildman–Crippen LogP) is 2.77. The van der Waals surface area contributed by atoms with Crippen LogP contribution in [0.2, 0.25) is 0 Å². The zero-order chi connectivity index (χ0) is 15.2. The van der Waals surface area contributed by atoms with Gasteiger partial charge in [0.05, 0.1) is 29.9 Å². The first-order chi connectivity index (χ1) is 10.8. The molecule has 0 aliphatic rings. The fourth-order valence-electron chi connectivity index (χ4n) is 1.69. The largest absolute Gasteiger partial charge is 0.332 e. The van der Waals surface area contributed by atoms with E-state index >= 15 is 0 Å². The van der Waals surface area contributed by atoms with Gasteiger partial charge in [0.25, 0.3) is 0 Å². The van der Waals surface area contributed by atoms with Crippen molar-refractivity contribution in [2.24, 2.45) is 0 Å². The average molecular weight is 370 g/mol. The van der Waals surface area contributed by atoms with Gasteiger partial charge in [-0.2, -0.15) is 0 Å². The molecule has 22 heavy (non-hydrogen) atoms. The van der Waals surface area contributed by atoms with Crippen molar-refractivity contribution >= 4 is 51.7 Å². The molecule has 0 aliphatic heterocycles. The van der Waals surface area contributed by atoms with Gasteiger partial charge in [-0.3, -0.25) is 14.8 Å². The van der Waals surface area contributed by atoms with Crippen LogP contribution in [0.15, 0.2) is 33.3 Å². The van der Waals surface area contributed by atoms with Crippen LogP contribution in [0, 0.1) is 0 Å². The van der Waals surface area contributed by atoms with Crippen LogP contribution >= 0.6 is 45.8 Å². The molecule has 114 valence electrons. The van der Waals surface area contributed by atoms with E-state index in [4.69, 9.17) is 0 Å². The molecule has 3 aromatic rings. The van der Waals surface area contributed by atoms with Gasteiger partial charge in [-0.15, -0.1) is 32.9 Å². The minimum Gasteiger partial charge on any atom is -0.332 e. The van der Waals surface area contributed by atoms with Crippen molar-refractivity contribution in [1.29, 1.82) is 0 Å². The summed E-state index contributed by atoms with van der Waals surface area (Å²) in [6.45, 7) is 1.14. The van der Waals surface area contributed by atoms with E-state index in [-0.39, 0.29) is 5.91 Å². The molecule has 0 aliphatic carbocycles. The molecule has 0 saturated carbocycles. The molecule has 10 heteroatoms. The lowest BCUT2D eigenvalue weighted by atomic mass is 10.4. The fourth-order valence-corrected chi connectivity index (χ4v) is 4.30. The molecule has 0 atom stereocenters. The van der Waals surface area contributed by atoms with Gasteiger partial charge in [-0.25, -0.2) is 0 Å². The van der Waals surface area contributed by atoms with E-state index in [0.29, 0.717) is 18.8 Å². The Kier molecular flexibility index (Phi) is 5.48. The standard InChI is InChI=1S/C12H11N5OS4/c18-11(5-19-12-16-15-8-22-12)17(3-9-1-13-6-20-9)4-10-2-14-7-21-10/h1-2,6-8H,3-5H2. The molecular weight excluding hydrogens is 358 g/mol. The molecule has 0 spiro atoms. The van der Waals surface area contributed by atoms with Crippen LogP contribution in [-0.4, -0.2) is 36.7 Å². The zero-order valence-electron chi connectivity index (χ0n) is 11.3. The Bertz CT molecular complexity index is 647. The number of aromatic nitrogens is 4. The Hall–Kier alpha value is -1.36. The van der Waals surface area contributed by atoms with Crippen molar-refractivity contribution < 1.29 is 4.79 Å². The molecule has 0 bridgehead atoms. The van der Waals surface area contributed by atoms with E-state index in [9.17, 15) is 4.79 Å². The topological polar surface area (TPSA) is 71.9 Å². The third-order valence-corrected chi connectivity index (χ3v) is 6.05. The van der Waals surface area contributed by atoms with Gasteiger partial charge in [0, 0.05) is 22.1 Å². The molecule has 0 saturated heterocycles. The van der Waals surface area contributed by atoms with Crippen molar-refractivity contribution in [3.05, 3.63) is 38.7 Å². The SMILES string of the molecule is O=C(CSc1nncs1)N(Cc1cncs1)Cc1cncs1. The van der Waals surface area contributed by atoms with Crippen LogP contribution in [0.3, 0.4) is 0 Å². The molecule has 0 aromatic carbocycles. The molecule has 1 amide bonds. The second kappa shape index (κ2) is 7.77. The number of amides is 1. The van der Waals surface area contributed by atoms with Crippen molar-refractivity contribution in [2.75, 3.05) is 5.75 Å². The molecule has 0 unspecified atom stereocenters. The van der Waals surface area contributed by atoms with E-state index in [2.05, 4.69) is 20.2 Å². The van der Waals surface area contributed by atoms with Crippen LogP contribution in [0.25, 0.3) is 0 Å². The number of thioether (sulfide) groups is 1. The summed E-state index contributed by atoms with van der Waals surface area (Å²) >= 11 is 5.97. The number of nitrogens with zero attached hydrogens (tertiary/aromatic N) is 5. The molecule has 0 radical (unpaired) electrons. The van der Waals surface area contributed by atoms with Crippen LogP contribution in [-0.2, 0) is 17.9 Å². The van der Waals surface area contributed by atoms with E-state index in [0.717, 1.165) is 14.1 Å². The van der Waals surface area contributed by atoms with Gasteiger partial charge >= 0.3 is 0 Å². The highest BCUT2D eigenvalue weighted by Crippen LogP contribution is 2.21. The Morgan fingerprint density at radius 2 is 1.73 bits per heavy atom. The van der Waals surface area contributed by atoms with E-state index < -0.39 is 0 Å². The summed E-state index contributed by atoms with van der Waals surface area (Å²) in [5.74, 6) is 0.425. The zero-order valence-corrected chi connectivity index (χ0v) is 14.6. The summed E-state index contributed by atoms with van der Waals surface area (Å²) < 4.78 is 0.809. The molecule has 6 nitrogen and oxygen atoms in total. The van der Waals surface area contributed by atoms with Gasteiger partial charge in [-0.1, -0.05) is 23.1 Å². The summed E-state index contributed by atoms with van der Waals surface area (Å²) in [5, 5.41) is 7.72. The highest BCUT2D eigenvalue weighted by molar-refractivity contribution is 8.01. The fraction of sp³-hybridized carbons (Fsp3) is 0.250. The smallest absolute Gasteiger partial charge is 0.233 e. The Morgan fingerprint density at radius 3 is 2.23 bits per heavy atom. The van der Waals surface area contributed by atoms with Crippen LogP contribution in [0.5, 0.6) is 0 Å². The van der Waals surface area contributed by atoms with Crippen molar-refractivity contribution in [3.63, 3.8) is 0 Å². The number of carbonyl (C=O) groups is 1. The van der Waals surface area contributed by atoms with Gasteiger partial charge in [0.15, 0.2) is 4.34 Å². The van der Waals surface area contributed by atoms with E-state index in [1.165, 1.54) is 23.1 Å². The van der Waals surface area contributed by atoms with Crippen LogP contribution in [0.4, 0.5) is 0 Å². The summed E-state index contributed by atoms with van der Waals surface area (Å²) in [4.78, 5) is 24.6. The number of thiazole rings is 2. The van der Waals surface area contributed by atoms with Crippen LogP contribution < -0.4 is 0 Å². The predicted molar refractivity (Wildman–Crippen MR) is 89.1 cm³/mol. The summed E-state index contributed by atoms with van der Waals surface area (Å²) in [5.41, 5.74) is 5.22. The van der Waals surface area contributed by atoms with Gasteiger partial charge in [-0.05, 0) is 0 Å². The first-order valence-electron chi connectivity index (χ1n) is 6.23. The molecule has 0 N–H and O–H groups in total. The van der Waals surface area contributed by atoms with Crippen molar-refractivity contribution in [3.8, 4) is 0 Å². The summed E-state index contributed by atoms with van der Waals surface area (Å²) in [6.07, 6.45) is 3.60. The number of carbonyl (C=O) groups excluding carboxylic acids is 1. The van der Waals surface area contributed by atoms with Gasteiger partial charge < -0.3 is 4.90 Å². The Balaban J connectivity index is 1.64. The first kappa shape index (κ1) is 15.5. The highest BCUT2D eigenvalue weighted by atomic mass is 32.2. The maximum absolute atomic E-state index is 12.5. The quantitative estimate of drug-likeness (QED) is 0.596. The van der Waals surface area contributed by atoms with Gasteiger partial charge in [0.1, 0.15) is 5.51 Å².